The molecule has 1 aliphatic heterocycles. The number of hydrogen-bond donors (Lipinski definition) is 2. The lowest BCUT2D eigenvalue weighted by atomic mass is 9.87. The monoisotopic (exact) mass is 402 g/mol. The number of aliphatic carboxylic acids is 1. The number of ether oxygens (including phenoxy) is 1. The Kier molecular flexibility index (Phi) is 6.50. The second kappa shape index (κ2) is 9.25. The normalized spacial score (nSPS) is 25.9. The van der Waals surface area contributed by atoms with E-state index in [1.807, 2.05) is 0 Å². The first-order chi connectivity index (χ1) is 13.7. The van der Waals surface area contributed by atoms with E-state index in [1.165, 1.54) is 15.8 Å². The standard InChI is InChI=1S/C22H30N2O3S/c25-22(26)16-6-8-18(9-7-16)27-13-2-3-17-15-23-11-12-24(17)20-4-1-5-21-19(20)10-14-28-21/h1,4-5,10,14,16-18,23H,2-3,6-9,11-13,15H2,(H,25,26). The van der Waals surface area contributed by atoms with E-state index >= 15 is 0 Å². The van der Waals surface area contributed by atoms with Crippen molar-refractivity contribution in [2.75, 3.05) is 31.1 Å². The molecule has 2 heterocycles. The molecule has 1 saturated heterocycles. The van der Waals surface area contributed by atoms with Gasteiger partial charge in [-0.05, 0) is 62.1 Å². The van der Waals surface area contributed by atoms with Crippen LogP contribution in [0.1, 0.15) is 38.5 Å². The summed E-state index contributed by atoms with van der Waals surface area (Å²) in [5.74, 6) is -0.814. The first kappa shape index (κ1) is 19.7. The number of thiophene rings is 1. The molecule has 6 heteroatoms. The van der Waals surface area contributed by atoms with Crippen LogP contribution in [0.4, 0.5) is 5.69 Å². The van der Waals surface area contributed by atoms with E-state index in [9.17, 15) is 4.79 Å². The van der Waals surface area contributed by atoms with Crippen LogP contribution in [0.3, 0.4) is 0 Å². The fourth-order valence-electron chi connectivity index (χ4n) is 4.61. The van der Waals surface area contributed by atoms with Gasteiger partial charge in [-0.1, -0.05) is 6.07 Å². The zero-order chi connectivity index (χ0) is 19.3. The molecule has 1 atom stereocenters. The highest BCUT2D eigenvalue weighted by atomic mass is 32.1. The maximum atomic E-state index is 11.1. The van der Waals surface area contributed by atoms with E-state index in [1.54, 1.807) is 11.3 Å². The van der Waals surface area contributed by atoms with Crippen molar-refractivity contribution in [1.82, 2.24) is 5.32 Å². The molecule has 2 fully saturated rings. The molecule has 2 N–H and O–H groups in total. The summed E-state index contributed by atoms with van der Waals surface area (Å²) in [6.07, 6.45) is 5.67. The van der Waals surface area contributed by atoms with Crippen LogP contribution < -0.4 is 10.2 Å². The van der Waals surface area contributed by atoms with Crippen molar-refractivity contribution in [2.45, 2.75) is 50.7 Å². The minimum absolute atomic E-state index is 0.165. The first-order valence-corrected chi connectivity index (χ1v) is 11.4. The predicted molar refractivity (Wildman–Crippen MR) is 114 cm³/mol. The van der Waals surface area contributed by atoms with E-state index < -0.39 is 5.97 Å². The summed E-state index contributed by atoms with van der Waals surface area (Å²) in [6.45, 7) is 3.86. The van der Waals surface area contributed by atoms with Crippen LogP contribution in [-0.2, 0) is 9.53 Å². The number of carboxylic acids is 1. The maximum absolute atomic E-state index is 11.1. The van der Waals surface area contributed by atoms with Crippen molar-refractivity contribution in [2.24, 2.45) is 5.92 Å². The molecule has 0 radical (unpaired) electrons. The van der Waals surface area contributed by atoms with Gasteiger partial charge >= 0.3 is 5.97 Å². The van der Waals surface area contributed by atoms with Crippen LogP contribution in [0.5, 0.6) is 0 Å². The molecule has 28 heavy (non-hydrogen) atoms. The van der Waals surface area contributed by atoms with Crippen LogP contribution in [0.15, 0.2) is 29.6 Å². The lowest BCUT2D eigenvalue weighted by Gasteiger charge is -2.38. The van der Waals surface area contributed by atoms with Crippen LogP contribution in [0, 0.1) is 5.92 Å². The lowest BCUT2D eigenvalue weighted by Crippen LogP contribution is -2.51. The zero-order valence-corrected chi connectivity index (χ0v) is 17.1. The van der Waals surface area contributed by atoms with Crippen LogP contribution in [-0.4, -0.2) is 49.5 Å². The van der Waals surface area contributed by atoms with Gasteiger partial charge in [0.1, 0.15) is 0 Å². The van der Waals surface area contributed by atoms with Gasteiger partial charge in [-0.3, -0.25) is 4.79 Å². The fourth-order valence-corrected chi connectivity index (χ4v) is 5.42. The average molecular weight is 403 g/mol. The number of benzene rings is 1. The van der Waals surface area contributed by atoms with Gasteiger partial charge in [-0.25, -0.2) is 0 Å². The summed E-state index contributed by atoms with van der Waals surface area (Å²) in [6, 6.07) is 9.36. The zero-order valence-electron chi connectivity index (χ0n) is 16.3. The molecule has 4 rings (SSSR count). The second-order valence-corrected chi connectivity index (χ2v) is 8.93. The van der Waals surface area contributed by atoms with Gasteiger partial charge in [0.15, 0.2) is 0 Å². The molecular weight excluding hydrogens is 372 g/mol. The third-order valence-corrected chi connectivity index (χ3v) is 7.07. The SMILES string of the molecule is O=C(O)C1CCC(OCCCC2CNCCN2c2cccc3sccc23)CC1. The predicted octanol–water partition coefficient (Wildman–Crippen LogP) is 4.12. The van der Waals surface area contributed by atoms with Gasteiger partial charge < -0.3 is 20.1 Å². The summed E-state index contributed by atoms with van der Waals surface area (Å²) in [5.41, 5.74) is 1.36. The summed E-state index contributed by atoms with van der Waals surface area (Å²) in [5, 5.41) is 16.2. The van der Waals surface area contributed by atoms with Gasteiger partial charge in [0, 0.05) is 48.1 Å². The van der Waals surface area contributed by atoms with Crippen molar-refractivity contribution < 1.29 is 14.6 Å². The van der Waals surface area contributed by atoms with E-state index in [4.69, 9.17) is 9.84 Å². The Bertz CT molecular complexity index is 785. The molecule has 152 valence electrons. The maximum Gasteiger partial charge on any atom is 0.306 e. The molecule has 1 aliphatic carbocycles. The molecule has 2 aromatic rings. The smallest absolute Gasteiger partial charge is 0.306 e. The van der Waals surface area contributed by atoms with E-state index in [0.29, 0.717) is 6.04 Å². The highest BCUT2D eigenvalue weighted by molar-refractivity contribution is 7.17. The van der Waals surface area contributed by atoms with Gasteiger partial charge in [0.25, 0.3) is 0 Å². The number of hydrogen-bond acceptors (Lipinski definition) is 5. The molecule has 0 amide bonds. The van der Waals surface area contributed by atoms with Crippen molar-refractivity contribution in [3.05, 3.63) is 29.6 Å². The van der Waals surface area contributed by atoms with Crippen LogP contribution in [0.25, 0.3) is 10.1 Å². The molecule has 0 spiro atoms. The number of carbonyl (C=O) groups is 1. The molecule has 2 aliphatic rings. The number of piperazine rings is 1. The van der Waals surface area contributed by atoms with E-state index in [0.717, 1.165) is 64.8 Å². The summed E-state index contributed by atoms with van der Waals surface area (Å²) in [7, 11) is 0. The molecular formula is C22H30N2O3S. The second-order valence-electron chi connectivity index (χ2n) is 7.99. The molecule has 1 aromatic carbocycles. The first-order valence-electron chi connectivity index (χ1n) is 10.5. The molecule has 1 aromatic heterocycles. The third kappa shape index (κ3) is 4.50. The average Bonchev–Trinajstić information content (AvgIpc) is 3.21. The number of fused-ring (bicyclic) bond motifs is 1. The molecule has 1 saturated carbocycles. The Morgan fingerprint density at radius 2 is 2.11 bits per heavy atom. The highest BCUT2D eigenvalue weighted by Crippen LogP contribution is 2.33. The van der Waals surface area contributed by atoms with Gasteiger partial charge in [-0.2, -0.15) is 0 Å². The van der Waals surface area contributed by atoms with Crippen molar-refractivity contribution in [1.29, 1.82) is 0 Å². The fraction of sp³-hybridized carbons (Fsp3) is 0.591. The van der Waals surface area contributed by atoms with Crippen LogP contribution in [0.2, 0.25) is 0 Å². The highest BCUT2D eigenvalue weighted by Gasteiger charge is 2.27. The summed E-state index contributed by atoms with van der Waals surface area (Å²) >= 11 is 1.81. The van der Waals surface area contributed by atoms with Gasteiger partial charge in [0.05, 0.1) is 12.0 Å². The lowest BCUT2D eigenvalue weighted by molar-refractivity contribution is -0.143. The van der Waals surface area contributed by atoms with Crippen molar-refractivity contribution in [3.8, 4) is 0 Å². The summed E-state index contributed by atoms with van der Waals surface area (Å²) < 4.78 is 7.43. The van der Waals surface area contributed by atoms with Gasteiger partial charge in [0.2, 0.25) is 0 Å². The molecule has 1 unspecified atom stereocenters. The van der Waals surface area contributed by atoms with Crippen molar-refractivity contribution >= 4 is 33.1 Å². The van der Waals surface area contributed by atoms with Crippen LogP contribution >= 0.6 is 11.3 Å². The number of nitrogens with one attached hydrogen (secondary N) is 1. The quantitative estimate of drug-likeness (QED) is 0.682. The number of nitrogens with zero attached hydrogens (tertiary/aromatic N) is 1. The van der Waals surface area contributed by atoms with Crippen molar-refractivity contribution in [3.63, 3.8) is 0 Å². The minimum Gasteiger partial charge on any atom is -0.481 e. The Labute approximate surface area is 170 Å². The minimum atomic E-state index is -0.649. The number of carboxylic acid groups (broad SMARTS) is 1. The summed E-state index contributed by atoms with van der Waals surface area (Å²) in [4.78, 5) is 13.6. The number of anilines is 1. The van der Waals surface area contributed by atoms with E-state index in [-0.39, 0.29) is 12.0 Å². The Morgan fingerprint density at radius 1 is 1.25 bits per heavy atom. The Hall–Kier alpha value is -1.63. The topological polar surface area (TPSA) is 61.8 Å². The largest absolute Gasteiger partial charge is 0.481 e. The molecule has 0 bridgehead atoms. The Balaban J connectivity index is 1.28. The third-order valence-electron chi connectivity index (χ3n) is 6.19. The number of rotatable bonds is 7. The van der Waals surface area contributed by atoms with Gasteiger partial charge in [-0.15, -0.1) is 11.3 Å². The Morgan fingerprint density at radius 3 is 2.93 bits per heavy atom. The van der Waals surface area contributed by atoms with E-state index in [2.05, 4.69) is 39.9 Å². The molecule has 5 nitrogen and oxygen atoms in total.